The zero-order chi connectivity index (χ0) is 16.5. The zero-order valence-electron chi connectivity index (χ0n) is 13.8. The smallest absolute Gasteiger partial charge is 0.339 e. The van der Waals surface area contributed by atoms with Gasteiger partial charge in [-0.05, 0) is 29.6 Å². The van der Waals surface area contributed by atoms with Crippen LogP contribution >= 0.6 is 0 Å². The maximum Gasteiger partial charge on any atom is 0.339 e. The van der Waals surface area contributed by atoms with Crippen molar-refractivity contribution in [3.63, 3.8) is 0 Å². The Bertz CT molecular complexity index is 767. The average Bonchev–Trinajstić information content (AvgIpc) is 2.60. The highest BCUT2D eigenvalue weighted by atomic mass is 16.6. The van der Waals surface area contributed by atoms with E-state index in [4.69, 9.17) is 14.2 Å². The van der Waals surface area contributed by atoms with Gasteiger partial charge >= 0.3 is 5.97 Å². The Labute approximate surface area is 141 Å². The van der Waals surface area contributed by atoms with Crippen LogP contribution in [0.3, 0.4) is 0 Å². The van der Waals surface area contributed by atoms with E-state index in [1.807, 2.05) is 12.1 Å². The van der Waals surface area contributed by atoms with E-state index in [-0.39, 0.29) is 12.1 Å². The third kappa shape index (κ3) is 2.90. The largest absolute Gasteiger partial charge is 0.457 e. The van der Waals surface area contributed by atoms with Gasteiger partial charge in [-0.3, -0.25) is 4.90 Å². The molecule has 2 aliphatic heterocycles. The third-order valence-corrected chi connectivity index (χ3v) is 4.64. The number of hydrogen-bond acceptors (Lipinski definition) is 5. The van der Waals surface area contributed by atoms with Crippen molar-refractivity contribution in [3.05, 3.63) is 47.0 Å². The van der Waals surface area contributed by atoms with Crippen LogP contribution in [-0.4, -0.2) is 50.4 Å². The van der Waals surface area contributed by atoms with Crippen molar-refractivity contribution in [2.24, 2.45) is 0 Å². The molecule has 1 unspecified atom stereocenters. The molecule has 4 rings (SSSR count). The Balaban J connectivity index is 1.60. The fourth-order valence-corrected chi connectivity index (χ4v) is 3.53. The van der Waals surface area contributed by atoms with E-state index in [2.05, 4.69) is 30.1 Å². The zero-order valence-corrected chi connectivity index (χ0v) is 13.8. The minimum atomic E-state index is -0.230. The van der Waals surface area contributed by atoms with Crippen LogP contribution in [0.1, 0.15) is 21.5 Å². The van der Waals surface area contributed by atoms with Gasteiger partial charge in [-0.1, -0.05) is 24.3 Å². The van der Waals surface area contributed by atoms with Gasteiger partial charge in [0.1, 0.15) is 6.61 Å². The molecule has 0 radical (unpaired) electrons. The second-order valence-corrected chi connectivity index (χ2v) is 6.45. The normalized spacial score (nSPS) is 20.4. The summed E-state index contributed by atoms with van der Waals surface area (Å²) in [6.45, 7) is 3.99. The van der Waals surface area contributed by atoms with Crippen LogP contribution in [0.25, 0.3) is 10.8 Å². The predicted octanol–water partition coefficient (Wildman–Crippen LogP) is 2.36. The van der Waals surface area contributed by atoms with E-state index in [9.17, 15) is 4.79 Å². The van der Waals surface area contributed by atoms with Crippen LogP contribution in [0, 0.1) is 0 Å². The number of carbonyl (C=O) groups excluding carboxylic acids is 1. The average molecular weight is 327 g/mol. The lowest BCUT2D eigenvalue weighted by Gasteiger charge is -2.28. The summed E-state index contributed by atoms with van der Waals surface area (Å²) in [5.41, 5.74) is 2.96. The van der Waals surface area contributed by atoms with E-state index in [1.54, 1.807) is 0 Å². The van der Waals surface area contributed by atoms with Gasteiger partial charge in [0.15, 0.2) is 0 Å². The molecule has 0 saturated carbocycles. The van der Waals surface area contributed by atoms with Gasteiger partial charge < -0.3 is 14.2 Å². The fourth-order valence-electron chi connectivity index (χ4n) is 3.53. The first-order valence-electron chi connectivity index (χ1n) is 8.31. The van der Waals surface area contributed by atoms with Crippen LogP contribution in [0.2, 0.25) is 0 Å². The molecular formula is C19H21NO4. The highest BCUT2D eigenvalue weighted by Crippen LogP contribution is 2.31. The van der Waals surface area contributed by atoms with Crippen LogP contribution in [-0.2, 0) is 27.4 Å². The SMILES string of the molecule is CN(Cc1ccc2c3c(cccc13)C(=O)OC2)CC1COCCO1. The number of ether oxygens (including phenoxy) is 3. The minimum absolute atomic E-state index is 0.124. The Kier molecular flexibility index (Phi) is 4.22. The molecule has 0 spiro atoms. The molecule has 1 atom stereocenters. The monoisotopic (exact) mass is 327 g/mol. The molecular weight excluding hydrogens is 306 g/mol. The number of hydrogen-bond donors (Lipinski definition) is 0. The molecule has 24 heavy (non-hydrogen) atoms. The third-order valence-electron chi connectivity index (χ3n) is 4.64. The second-order valence-electron chi connectivity index (χ2n) is 6.45. The quantitative estimate of drug-likeness (QED) is 0.807. The van der Waals surface area contributed by atoms with E-state index in [0.29, 0.717) is 32.0 Å². The van der Waals surface area contributed by atoms with Gasteiger partial charge in [0, 0.05) is 18.5 Å². The lowest BCUT2D eigenvalue weighted by atomic mass is 9.94. The maximum atomic E-state index is 12.0. The van der Waals surface area contributed by atoms with E-state index in [1.165, 1.54) is 5.56 Å². The summed E-state index contributed by atoms with van der Waals surface area (Å²) in [4.78, 5) is 14.2. The number of rotatable bonds is 4. The maximum absolute atomic E-state index is 12.0. The summed E-state index contributed by atoms with van der Waals surface area (Å²) in [5, 5.41) is 2.17. The minimum Gasteiger partial charge on any atom is -0.457 e. The van der Waals surface area contributed by atoms with E-state index in [0.717, 1.165) is 29.4 Å². The van der Waals surface area contributed by atoms with Crippen molar-refractivity contribution in [3.8, 4) is 0 Å². The molecule has 0 bridgehead atoms. The number of likely N-dealkylation sites (N-methyl/N-ethyl adjacent to an activating group) is 1. The first kappa shape index (κ1) is 15.6. The Morgan fingerprint density at radius 3 is 2.96 bits per heavy atom. The van der Waals surface area contributed by atoms with E-state index >= 15 is 0 Å². The number of esters is 1. The van der Waals surface area contributed by atoms with Crippen molar-refractivity contribution in [1.29, 1.82) is 0 Å². The fraction of sp³-hybridized carbons (Fsp3) is 0.421. The highest BCUT2D eigenvalue weighted by molar-refractivity contribution is 6.08. The van der Waals surface area contributed by atoms with Crippen molar-refractivity contribution in [1.82, 2.24) is 4.90 Å². The Morgan fingerprint density at radius 2 is 2.12 bits per heavy atom. The number of benzene rings is 2. The van der Waals surface area contributed by atoms with Crippen molar-refractivity contribution < 1.29 is 19.0 Å². The van der Waals surface area contributed by atoms with Gasteiger partial charge in [0.25, 0.3) is 0 Å². The van der Waals surface area contributed by atoms with Gasteiger partial charge in [-0.25, -0.2) is 4.79 Å². The summed E-state index contributed by atoms with van der Waals surface area (Å²) in [7, 11) is 2.09. The van der Waals surface area contributed by atoms with Crippen LogP contribution in [0.5, 0.6) is 0 Å². The number of carbonyl (C=O) groups is 1. The van der Waals surface area contributed by atoms with Crippen molar-refractivity contribution in [2.45, 2.75) is 19.3 Å². The van der Waals surface area contributed by atoms with Gasteiger partial charge in [-0.2, -0.15) is 0 Å². The van der Waals surface area contributed by atoms with Crippen molar-refractivity contribution in [2.75, 3.05) is 33.4 Å². The van der Waals surface area contributed by atoms with E-state index < -0.39 is 0 Å². The molecule has 5 nitrogen and oxygen atoms in total. The summed E-state index contributed by atoms with van der Waals surface area (Å²) in [6, 6.07) is 10.1. The van der Waals surface area contributed by atoms with Crippen molar-refractivity contribution >= 4 is 16.7 Å². The number of cyclic esters (lactones) is 1. The summed E-state index contributed by atoms with van der Waals surface area (Å²) in [5.74, 6) is -0.230. The molecule has 5 heteroatoms. The lowest BCUT2D eigenvalue weighted by molar-refractivity contribution is -0.0962. The molecule has 1 saturated heterocycles. The Morgan fingerprint density at radius 1 is 1.21 bits per heavy atom. The number of nitrogens with zero attached hydrogens (tertiary/aromatic N) is 1. The molecule has 2 aliphatic rings. The molecule has 0 aliphatic carbocycles. The molecule has 2 aromatic carbocycles. The van der Waals surface area contributed by atoms with Crippen LogP contribution in [0.15, 0.2) is 30.3 Å². The molecule has 0 amide bonds. The first-order valence-corrected chi connectivity index (χ1v) is 8.31. The molecule has 1 fully saturated rings. The van der Waals surface area contributed by atoms with Gasteiger partial charge in [-0.15, -0.1) is 0 Å². The summed E-state index contributed by atoms with van der Waals surface area (Å²) < 4.78 is 16.4. The molecule has 2 aromatic rings. The lowest BCUT2D eigenvalue weighted by Crippen LogP contribution is -2.38. The van der Waals surface area contributed by atoms with Crippen LogP contribution < -0.4 is 0 Å². The standard InChI is InChI=1S/C19H21NO4/c1-20(10-15-12-22-7-8-23-15)9-13-5-6-14-11-24-19(21)17-4-2-3-16(13)18(14)17/h2-6,15H,7-12H2,1H3. The van der Waals surface area contributed by atoms with Crippen LogP contribution in [0.4, 0.5) is 0 Å². The molecule has 0 aromatic heterocycles. The molecule has 126 valence electrons. The highest BCUT2D eigenvalue weighted by Gasteiger charge is 2.22. The van der Waals surface area contributed by atoms with Gasteiger partial charge in [0.05, 0.1) is 31.5 Å². The Hall–Kier alpha value is -1.95. The topological polar surface area (TPSA) is 48.0 Å². The summed E-state index contributed by atoms with van der Waals surface area (Å²) >= 11 is 0. The predicted molar refractivity (Wildman–Crippen MR) is 90.0 cm³/mol. The van der Waals surface area contributed by atoms with Gasteiger partial charge in [0.2, 0.25) is 0 Å². The summed E-state index contributed by atoms with van der Waals surface area (Å²) in [6.07, 6.45) is 0.124. The second kappa shape index (κ2) is 6.51. The molecule has 0 N–H and O–H groups in total. The first-order chi connectivity index (χ1) is 11.7. The molecule has 2 heterocycles.